The van der Waals surface area contributed by atoms with Gasteiger partial charge in [-0.1, -0.05) is 267 Å². The summed E-state index contributed by atoms with van der Waals surface area (Å²) in [5, 5.41) is 59.9. The molecule has 27 aromatic rings. The molecule has 20 aromatic carbocycles. The van der Waals surface area contributed by atoms with Gasteiger partial charge in [-0.05, 0) is 239 Å². The summed E-state index contributed by atoms with van der Waals surface area (Å²) < 4.78 is 13.9. The van der Waals surface area contributed by atoms with Crippen LogP contribution in [0.25, 0.3) is 238 Å². The summed E-state index contributed by atoms with van der Waals surface area (Å²) in [7, 11) is 0. The molecule has 7 aromatic heterocycles. The molecule has 1 aliphatic heterocycles. The van der Waals surface area contributed by atoms with E-state index >= 15 is 0 Å². The van der Waals surface area contributed by atoms with E-state index in [-0.39, 0.29) is 6.04 Å². The van der Waals surface area contributed by atoms with E-state index in [2.05, 4.69) is 409 Å². The Morgan fingerprint density at radius 3 is 0.938 bits per heavy atom. The lowest BCUT2D eigenvalue weighted by Crippen LogP contribution is -2.31. The van der Waals surface area contributed by atoms with Crippen LogP contribution in [0.5, 0.6) is 0 Å². The van der Waals surface area contributed by atoms with Gasteiger partial charge in [0.05, 0.1) is 129 Å². The number of rotatable bonds is 15. The highest BCUT2D eigenvalue weighted by Crippen LogP contribution is 2.47. The molecule has 0 bridgehead atoms. The molecule has 676 valence electrons. The Morgan fingerprint density at radius 1 is 0.212 bits per heavy atom. The SMILES string of the molecule is N#Cc1ccc2c(c1)c1cc(C#N)ccc1n2-c1ccc2c(c1)c1cc(-n3c4ccccc4c4cc(-c5ccc6c(c5)c5ccccc5n6-c5ccc6c(c5)c5cc(-n7c8ccccc8c8ccccc87)ccc5n6-c5c(C#N)cc(-c6ccc(C7=CC(c8ccccc8)NC(c8ccccc8)=N7)cc6)cc5C#N)ccc43)ccc1n2-c1ccc(-c2ccc(-c3cc(-c4ccccc4)nc(-c4ccccc4)n3)cc2)cc1. The van der Waals surface area contributed by atoms with E-state index in [1.54, 1.807) is 0 Å². The molecule has 14 nitrogen and oxygen atoms in total. The molecule has 1 unspecified atom stereocenters. The summed E-state index contributed by atoms with van der Waals surface area (Å²) >= 11 is 0. The molecule has 1 atom stereocenters. The molecular weight excluding hydrogens is 1780 g/mol. The van der Waals surface area contributed by atoms with Gasteiger partial charge >= 0.3 is 0 Å². The summed E-state index contributed by atoms with van der Waals surface area (Å²) in [6, 6.07) is 169. The van der Waals surface area contributed by atoms with Crippen molar-refractivity contribution in [2.75, 3.05) is 0 Å². The zero-order valence-electron chi connectivity index (χ0n) is 78.3. The van der Waals surface area contributed by atoms with Crippen molar-refractivity contribution in [3.8, 4) is 126 Å². The molecule has 0 saturated heterocycles. The largest absolute Gasteiger partial charge is 0.359 e. The monoisotopic (exact) mass is 1860 g/mol. The number of para-hydroxylation sites is 4. The fourth-order valence-electron chi connectivity index (χ4n) is 22.6. The van der Waals surface area contributed by atoms with Gasteiger partial charge in [0.1, 0.15) is 18.0 Å². The first-order valence-electron chi connectivity index (χ1n) is 48.8. The third kappa shape index (κ3) is 13.6. The van der Waals surface area contributed by atoms with Gasteiger partial charge in [0.25, 0.3) is 0 Å². The zero-order chi connectivity index (χ0) is 96.9. The van der Waals surface area contributed by atoms with Gasteiger partial charge in [-0.15, -0.1) is 0 Å². The first kappa shape index (κ1) is 83.6. The normalized spacial score (nSPS) is 12.7. The molecule has 0 aliphatic carbocycles. The zero-order valence-corrected chi connectivity index (χ0v) is 78.3. The lowest BCUT2D eigenvalue weighted by atomic mass is 9.96. The molecule has 8 heterocycles. The summed E-state index contributed by atoms with van der Waals surface area (Å²) in [6.07, 6.45) is 2.17. The van der Waals surface area contributed by atoms with E-state index in [9.17, 15) is 21.0 Å². The highest BCUT2D eigenvalue weighted by molar-refractivity contribution is 6.19. The third-order valence-corrected chi connectivity index (χ3v) is 29.4. The smallest absolute Gasteiger partial charge is 0.160 e. The maximum absolute atomic E-state index is 11.6. The van der Waals surface area contributed by atoms with Gasteiger partial charge < -0.3 is 32.7 Å². The van der Waals surface area contributed by atoms with E-state index in [0.29, 0.717) is 33.8 Å². The van der Waals surface area contributed by atoms with E-state index in [4.69, 9.17) is 15.0 Å². The van der Waals surface area contributed by atoms with Crippen LogP contribution >= 0.6 is 0 Å². The Bertz CT molecular complexity index is 10200. The van der Waals surface area contributed by atoms with Crippen molar-refractivity contribution in [1.82, 2.24) is 42.7 Å². The van der Waals surface area contributed by atoms with Gasteiger partial charge in [0.15, 0.2) is 5.82 Å². The topological polar surface area (TPSA) is 175 Å². The summed E-state index contributed by atoms with van der Waals surface area (Å²) in [5.74, 6) is 1.46. The van der Waals surface area contributed by atoms with Crippen molar-refractivity contribution in [3.05, 3.63) is 500 Å². The fraction of sp³-hybridized carbons (Fsp3) is 0.00758. The second kappa shape index (κ2) is 33.6. The average molecular weight is 1860 g/mol. The number of aliphatic imine (C=N–C) groups is 1. The molecule has 1 aliphatic rings. The molecule has 28 rings (SSSR count). The molecule has 0 amide bonds. The number of aromatic nitrogens is 8. The lowest BCUT2D eigenvalue weighted by Gasteiger charge is -2.24. The minimum Gasteiger partial charge on any atom is -0.359 e. The van der Waals surface area contributed by atoms with Gasteiger partial charge in [-0.2, -0.15) is 21.0 Å². The average Bonchev–Trinajstić information content (AvgIpc) is 1.56. The Kier molecular flexibility index (Phi) is 19.3. The van der Waals surface area contributed by atoms with E-state index < -0.39 is 0 Å². The van der Waals surface area contributed by atoms with Crippen molar-refractivity contribution >= 4 is 142 Å². The standard InChI is InChI=1S/C132H78N14/c133-77-81-37-57-122-106(65-81)107-66-82(78-134)38-58-123(107)145(122)101-54-62-127-111(72-101)110-71-99(53-61-126(110)141(127)97-51-47-84(48-52-97)83-39-43-88(44-40-83)116-75-114(86-21-5-1-6-22-86)137-131(139-116)90-25-9-3-10-26-90)143-120-35-19-15-31-104(120)108-69-92(49-59-124(108)143)93-50-60-125-109(70-93)105-32-16-20-36-121(105)144(125)100-56-64-129-113(74-100)112-73-98(142-118-33-17-13-29-102(118)103-30-14-18-34-119(103)142)55-63-128(112)146(129)130-95(79-135)67-94(68-96(130)80-136)85-41-45-89(46-42-85)117-76-115(87-23-7-2-8-24-87)138-132(140-117)91-27-11-4-12-28-91/h1-76,115H,(H,138,140). The summed E-state index contributed by atoms with van der Waals surface area (Å²) in [6.45, 7) is 0. The highest BCUT2D eigenvalue weighted by Gasteiger charge is 2.29. The highest BCUT2D eigenvalue weighted by atomic mass is 15.1. The molecular formula is C132H78N14. The first-order chi connectivity index (χ1) is 72.2. The quantitative estimate of drug-likeness (QED) is 0.106. The third-order valence-electron chi connectivity index (χ3n) is 29.4. The second-order valence-corrected chi connectivity index (χ2v) is 37.5. The number of hydrogen-bond acceptors (Lipinski definition) is 8. The Hall–Kier alpha value is -20.5. The lowest BCUT2D eigenvalue weighted by molar-refractivity contribution is 0.781. The van der Waals surface area contributed by atoms with Crippen LogP contribution in [0, 0.1) is 45.3 Å². The number of hydrogen-bond donors (Lipinski definition) is 1. The molecule has 0 spiro atoms. The number of amidine groups is 1. The molecule has 14 heteroatoms. The minimum atomic E-state index is -0.118. The summed E-state index contributed by atoms with van der Waals surface area (Å²) in [5.41, 5.74) is 33.6. The van der Waals surface area contributed by atoms with Crippen LogP contribution in [0.4, 0.5) is 0 Å². The van der Waals surface area contributed by atoms with Crippen LogP contribution in [-0.4, -0.2) is 43.2 Å². The van der Waals surface area contributed by atoms with Crippen LogP contribution in [0.1, 0.15) is 45.0 Å². The molecule has 146 heavy (non-hydrogen) atoms. The predicted octanol–water partition coefficient (Wildman–Crippen LogP) is 31.7. The number of nitrogens with one attached hydrogen (secondary N) is 1. The Morgan fingerprint density at radius 2 is 0.514 bits per heavy atom. The number of benzene rings is 20. The first-order valence-corrected chi connectivity index (χ1v) is 48.8. The molecule has 0 radical (unpaired) electrons. The Labute approximate surface area is 837 Å². The molecule has 0 saturated carbocycles. The number of nitriles is 4. The maximum Gasteiger partial charge on any atom is 0.160 e. The maximum atomic E-state index is 11.6. The van der Waals surface area contributed by atoms with Gasteiger partial charge in [-0.3, -0.25) is 0 Å². The van der Waals surface area contributed by atoms with Crippen molar-refractivity contribution in [3.63, 3.8) is 0 Å². The van der Waals surface area contributed by atoms with Crippen LogP contribution in [0.15, 0.2) is 466 Å². The Balaban J connectivity index is 0.551. The van der Waals surface area contributed by atoms with Gasteiger partial charge in [0, 0.05) is 115 Å². The van der Waals surface area contributed by atoms with Crippen molar-refractivity contribution < 1.29 is 0 Å². The van der Waals surface area contributed by atoms with Crippen LogP contribution in [0.3, 0.4) is 0 Å². The van der Waals surface area contributed by atoms with Crippen LogP contribution < -0.4 is 5.32 Å². The summed E-state index contributed by atoms with van der Waals surface area (Å²) in [4.78, 5) is 15.4. The fourth-order valence-corrected chi connectivity index (χ4v) is 22.6. The predicted molar refractivity (Wildman–Crippen MR) is 593 cm³/mol. The van der Waals surface area contributed by atoms with Crippen molar-refractivity contribution in [2.45, 2.75) is 6.04 Å². The van der Waals surface area contributed by atoms with Gasteiger partial charge in [0.2, 0.25) is 0 Å². The van der Waals surface area contributed by atoms with Crippen molar-refractivity contribution in [2.24, 2.45) is 4.99 Å². The number of nitrogens with zero attached hydrogens (tertiary/aromatic N) is 13. The second-order valence-electron chi connectivity index (χ2n) is 37.5. The van der Waals surface area contributed by atoms with E-state index in [1.165, 1.54) is 0 Å². The minimum absolute atomic E-state index is 0.118. The van der Waals surface area contributed by atoms with E-state index in [0.717, 1.165) is 249 Å². The number of fused-ring (bicyclic) bond motifs is 18. The van der Waals surface area contributed by atoms with Gasteiger partial charge in [-0.25, -0.2) is 15.0 Å². The van der Waals surface area contributed by atoms with Crippen LogP contribution in [-0.2, 0) is 0 Å². The molecule has 0 fully saturated rings. The molecule has 1 N–H and O–H groups in total. The van der Waals surface area contributed by atoms with Crippen molar-refractivity contribution in [1.29, 1.82) is 21.0 Å². The van der Waals surface area contributed by atoms with E-state index in [1.807, 2.05) is 109 Å². The van der Waals surface area contributed by atoms with Crippen LogP contribution in [0.2, 0.25) is 0 Å².